The van der Waals surface area contributed by atoms with Crippen molar-refractivity contribution in [2.75, 3.05) is 26.4 Å². The van der Waals surface area contributed by atoms with Gasteiger partial charge in [0.1, 0.15) is 6.61 Å². The van der Waals surface area contributed by atoms with Gasteiger partial charge in [-0.3, -0.25) is 4.79 Å². The fraction of sp³-hybridized carbons (Fsp3) is 0.950. The van der Waals surface area contributed by atoms with E-state index in [9.17, 15) is 4.79 Å². The zero-order chi connectivity index (χ0) is 17.9. The van der Waals surface area contributed by atoms with E-state index in [4.69, 9.17) is 14.6 Å². The summed E-state index contributed by atoms with van der Waals surface area (Å²) in [5.74, 6) is 0.216. The molecule has 0 aliphatic carbocycles. The zero-order valence-electron chi connectivity index (χ0n) is 16.1. The molecular weight excluding hydrogens is 304 g/mol. The Morgan fingerprint density at radius 3 is 2.29 bits per heavy atom. The Balaban J connectivity index is 3.50. The third kappa shape index (κ3) is 16.4. The molecule has 0 spiro atoms. The average molecular weight is 345 g/mol. The van der Waals surface area contributed by atoms with Crippen LogP contribution >= 0.6 is 0 Å². The van der Waals surface area contributed by atoms with Gasteiger partial charge in [-0.25, -0.2) is 0 Å². The van der Waals surface area contributed by atoms with Gasteiger partial charge in [0, 0.05) is 19.6 Å². The van der Waals surface area contributed by atoms with Crippen LogP contribution in [0, 0.1) is 0 Å². The van der Waals surface area contributed by atoms with Crippen molar-refractivity contribution in [2.24, 2.45) is 0 Å². The second kappa shape index (κ2) is 18.9. The van der Waals surface area contributed by atoms with E-state index in [0.717, 1.165) is 51.6 Å². The largest absolute Gasteiger partial charge is 0.396 e. The molecule has 0 heterocycles. The molecule has 0 amide bonds. The van der Waals surface area contributed by atoms with Crippen LogP contribution in [0.5, 0.6) is 0 Å². The van der Waals surface area contributed by atoms with Crippen molar-refractivity contribution in [3.05, 3.63) is 0 Å². The molecular formula is C20H40O4. The first kappa shape index (κ1) is 23.5. The molecule has 0 fully saturated rings. The number of Topliss-reactive ketones (excluding diaryl/α,β-unsaturated/α-hetero) is 1. The average Bonchev–Trinajstić information content (AvgIpc) is 2.59. The Bertz CT molecular complexity index is 268. The Morgan fingerprint density at radius 2 is 1.58 bits per heavy atom. The first-order valence-corrected chi connectivity index (χ1v) is 10.1. The molecule has 4 heteroatoms. The van der Waals surface area contributed by atoms with Crippen LogP contribution in [-0.2, 0) is 14.3 Å². The fourth-order valence-electron chi connectivity index (χ4n) is 2.55. The number of carbonyl (C=O) groups is 1. The molecule has 0 radical (unpaired) electrons. The monoisotopic (exact) mass is 344 g/mol. The van der Waals surface area contributed by atoms with Crippen molar-refractivity contribution in [1.82, 2.24) is 0 Å². The molecule has 0 aromatic heterocycles. The molecule has 0 aliphatic heterocycles. The van der Waals surface area contributed by atoms with Crippen molar-refractivity contribution < 1.29 is 19.4 Å². The smallest absolute Gasteiger partial charge is 0.158 e. The summed E-state index contributed by atoms with van der Waals surface area (Å²) in [4.78, 5) is 11.8. The van der Waals surface area contributed by atoms with E-state index in [-0.39, 0.29) is 25.1 Å². The predicted octanol–water partition coefficient (Wildman–Crippen LogP) is 4.67. The third-order valence-corrected chi connectivity index (χ3v) is 4.25. The van der Waals surface area contributed by atoms with Crippen molar-refractivity contribution in [1.29, 1.82) is 0 Å². The Morgan fingerprint density at radius 1 is 0.917 bits per heavy atom. The summed E-state index contributed by atoms with van der Waals surface area (Å²) in [6.45, 7) is 6.09. The molecule has 1 atom stereocenters. The number of aliphatic hydroxyl groups excluding tert-OH is 1. The lowest BCUT2D eigenvalue weighted by Gasteiger charge is -2.16. The van der Waals surface area contributed by atoms with Gasteiger partial charge < -0.3 is 14.6 Å². The van der Waals surface area contributed by atoms with Gasteiger partial charge in [0.25, 0.3) is 0 Å². The molecule has 0 saturated heterocycles. The number of carbonyl (C=O) groups excluding carboxylic acids is 1. The standard InChI is InChI=1S/C20H40O4/c1-3-5-6-7-8-11-14-19(22)17-24-20(4-2)18-23-16-13-10-9-12-15-21/h20-21H,3-18H2,1-2H3. The first-order chi connectivity index (χ1) is 11.7. The van der Waals surface area contributed by atoms with Crippen LogP contribution in [-0.4, -0.2) is 43.4 Å². The molecule has 1 unspecified atom stereocenters. The van der Waals surface area contributed by atoms with Gasteiger partial charge in [-0.05, 0) is 25.7 Å². The van der Waals surface area contributed by atoms with Crippen LogP contribution < -0.4 is 0 Å². The number of ether oxygens (including phenoxy) is 2. The highest BCUT2D eigenvalue weighted by Gasteiger charge is 2.10. The zero-order valence-corrected chi connectivity index (χ0v) is 16.1. The third-order valence-electron chi connectivity index (χ3n) is 4.25. The van der Waals surface area contributed by atoms with Gasteiger partial charge in [-0.1, -0.05) is 58.8 Å². The molecule has 0 bridgehead atoms. The number of rotatable bonds is 19. The molecule has 24 heavy (non-hydrogen) atoms. The van der Waals surface area contributed by atoms with Crippen LogP contribution in [0.1, 0.15) is 90.9 Å². The lowest BCUT2D eigenvalue weighted by Crippen LogP contribution is -2.23. The minimum absolute atomic E-state index is 0.0240. The summed E-state index contributed by atoms with van der Waals surface area (Å²) >= 11 is 0. The maximum Gasteiger partial charge on any atom is 0.158 e. The topological polar surface area (TPSA) is 55.8 Å². The number of ketones is 1. The quantitative estimate of drug-likeness (QED) is 0.346. The SMILES string of the molecule is CCCCCCCCC(=O)COC(CC)COCCCCCCO. The number of aliphatic hydroxyl groups is 1. The molecule has 0 aromatic rings. The number of hydrogen-bond donors (Lipinski definition) is 1. The van der Waals surface area contributed by atoms with E-state index in [0.29, 0.717) is 13.0 Å². The Hall–Kier alpha value is -0.450. The summed E-state index contributed by atoms with van der Waals surface area (Å²) in [7, 11) is 0. The van der Waals surface area contributed by atoms with Crippen molar-refractivity contribution in [3.8, 4) is 0 Å². The molecule has 144 valence electrons. The van der Waals surface area contributed by atoms with Crippen LogP contribution in [0.4, 0.5) is 0 Å². The van der Waals surface area contributed by atoms with Crippen LogP contribution in [0.15, 0.2) is 0 Å². The first-order valence-electron chi connectivity index (χ1n) is 10.1. The molecule has 1 N–H and O–H groups in total. The van der Waals surface area contributed by atoms with Gasteiger partial charge in [-0.15, -0.1) is 0 Å². The maximum absolute atomic E-state index is 11.8. The lowest BCUT2D eigenvalue weighted by molar-refractivity contribution is -0.127. The van der Waals surface area contributed by atoms with E-state index in [2.05, 4.69) is 13.8 Å². The van der Waals surface area contributed by atoms with Crippen molar-refractivity contribution >= 4 is 5.78 Å². The summed E-state index contributed by atoms with van der Waals surface area (Å²) in [5.41, 5.74) is 0. The number of unbranched alkanes of at least 4 members (excludes halogenated alkanes) is 8. The normalized spacial score (nSPS) is 12.5. The molecule has 4 nitrogen and oxygen atoms in total. The predicted molar refractivity (Wildman–Crippen MR) is 99.4 cm³/mol. The minimum atomic E-state index is 0.0240. The summed E-state index contributed by atoms with van der Waals surface area (Å²) < 4.78 is 11.3. The molecule has 0 aliphatic rings. The van der Waals surface area contributed by atoms with E-state index >= 15 is 0 Å². The second-order valence-corrected chi connectivity index (χ2v) is 6.61. The van der Waals surface area contributed by atoms with Gasteiger partial charge in [-0.2, -0.15) is 0 Å². The Labute approximate surface area is 149 Å². The molecule has 0 aromatic carbocycles. The number of hydrogen-bond acceptors (Lipinski definition) is 4. The van der Waals surface area contributed by atoms with Gasteiger partial charge >= 0.3 is 0 Å². The van der Waals surface area contributed by atoms with E-state index in [1.165, 1.54) is 25.7 Å². The molecule has 0 saturated carbocycles. The van der Waals surface area contributed by atoms with E-state index < -0.39 is 0 Å². The van der Waals surface area contributed by atoms with Crippen LogP contribution in [0.3, 0.4) is 0 Å². The highest BCUT2D eigenvalue weighted by molar-refractivity contribution is 5.79. The van der Waals surface area contributed by atoms with Crippen LogP contribution in [0.25, 0.3) is 0 Å². The van der Waals surface area contributed by atoms with Gasteiger partial charge in [0.05, 0.1) is 12.7 Å². The Kier molecular flexibility index (Phi) is 18.5. The highest BCUT2D eigenvalue weighted by atomic mass is 16.5. The van der Waals surface area contributed by atoms with Crippen LogP contribution in [0.2, 0.25) is 0 Å². The summed E-state index contributed by atoms with van der Waals surface area (Å²) in [5, 5.41) is 8.70. The minimum Gasteiger partial charge on any atom is -0.396 e. The van der Waals surface area contributed by atoms with Crippen molar-refractivity contribution in [3.63, 3.8) is 0 Å². The van der Waals surface area contributed by atoms with Crippen molar-refractivity contribution in [2.45, 2.75) is 97.0 Å². The fourth-order valence-corrected chi connectivity index (χ4v) is 2.55. The summed E-state index contributed by atoms with van der Waals surface area (Å²) in [6, 6.07) is 0. The van der Waals surface area contributed by atoms with E-state index in [1.54, 1.807) is 0 Å². The summed E-state index contributed by atoms with van der Waals surface area (Å²) in [6.07, 6.45) is 12.8. The highest BCUT2D eigenvalue weighted by Crippen LogP contribution is 2.08. The lowest BCUT2D eigenvalue weighted by atomic mass is 10.1. The maximum atomic E-state index is 11.8. The van der Waals surface area contributed by atoms with Gasteiger partial charge in [0.15, 0.2) is 5.78 Å². The second-order valence-electron chi connectivity index (χ2n) is 6.61. The molecule has 0 rings (SSSR count). The van der Waals surface area contributed by atoms with Gasteiger partial charge in [0.2, 0.25) is 0 Å². The van der Waals surface area contributed by atoms with E-state index in [1.807, 2.05) is 0 Å².